The fourth-order valence-corrected chi connectivity index (χ4v) is 3.02. The Balaban J connectivity index is 1.71. The summed E-state index contributed by atoms with van der Waals surface area (Å²) < 4.78 is 14.3. The van der Waals surface area contributed by atoms with Gasteiger partial charge in [-0.05, 0) is 65.9 Å². The van der Waals surface area contributed by atoms with Gasteiger partial charge in [0.2, 0.25) is 0 Å². The van der Waals surface area contributed by atoms with Crippen LogP contribution in [-0.2, 0) is 6.42 Å². The molecule has 3 aromatic carbocycles. The van der Waals surface area contributed by atoms with Crippen LogP contribution >= 0.6 is 0 Å². The summed E-state index contributed by atoms with van der Waals surface area (Å²) >= 11 is 0. The van der Waals surface area contributed by atoms with Crippen molar-refractivity contribution in [2.45, 2.75) is 32.6 Å². The van der Waals surface area contributed by atoms with E-state index >= 15 is 0 Å². The van der Waals surface area contributed by atoms with Gasteiger partial charge in [0.15, 0.2) is 0 Å². The van der Waals surface area contributed by atoms with E-state index in [1.807, 2.05) is 42.5 Å². The van der Waals surface area contributed by atoms with Crippen molar-refractivity contribution in [1.29, 1.82) is 5.26 Å². The van der Waals surface area contributed by atoms with Crippen molar-refractivity contribution in [3.8, 4) is 29.0 Å². The van der Waals surface area contributed by atoms with Crippen LogP contribution in [0.3, 0.4) is 0 Å². The van der Waals surface area contributed by atoms with Crippen molar-refractivity contribution < 1.29 is 4.39 Å². The van der Waals surface area contributed by atoms with Crippen molar-refractivity contribution in [2.75, 3.05) is 0 Å². The number of benzene rings is 3. The van der Waals surface area contributed by atoms with E-state index in [-0.39, 0.29) is 5.82 Å². The highest BCUT2D eigenvalue weighted by atomic mass is 19.1. The molecule has 0 amide bonds. The van der Waals surface area contributed by atoms with Gasteiger partial charge in [-0.2, -0.15) is 5.26 Å². The van der Waals surface area contributed by atoms with Crippen LogP contribution < -0.4 is 0 Å². The van der Waals surface area contributed by atoms with Crippen LogP contribution in [-0.4, -0.2) is 0 Å². The standard InChI is InChI=1S/C26H22FN/c1-2-3-4-5-21-9-17-25(26(27)18-21)16-8-20-6-12-23(13-7-20)24-14-10-22(19-28)11-15-24/h6-7,9-15,17-18H,2-5H2,1H3. The van der Waals surface area contributed by atoms with Gasteiger partial charge in [-0.15, -0.1) is 0 Å². The number of hydrogen-bond acceptors (Lipinski definition) is 1. The van der Waals surface area contributed by atoms with Crippen LogP contribution in [0.2, 0.25) is 0 Å². The molecule has 0 spiro atoms. The molecule has 0 heterocycles. The lowest BCUT2D eigenvalue weighted by atomic mass is 10.0. The molecule has 28 heavy (non-hydrogen) atoms. The summed E-state index contributed by atoms with van der Waals surface area (Å²) in [6, 6.07) is 22.8. The number of rotatable bonds is 5. The number of nitrogens with zero attached hydrogens (tertiary/aromatic N) is 1. The normalized spacial score (nSPS) is 10.0. The van der Waals surface area contributed by atoms with Crippen molar-refractivity contribution >= 4 is 0 Å². The number of halogens is 1. The molecule has 2 heteroatoms. The average molecular weight is 367 g/mol. The van der Waals surface area contributed by atoms with E-state index in [4.69, 9.17) is 5.26 Å². The third kappa shape index (κ3) is 5.09. The van der Waals surface area contributed by atoms with Crippen LogP contribution in [0.1, 0.15) is 48.4 Å². The fourth-order valence-electron chi connectivity index (χ4n) is 3.02. The van der Waals surface area contributed by atoms with E-state index in [0.29, 0.717) is 11.1 Å². The zero-order valence-electron chi connectivity index (χ0n) is 16.0. The third-order valence-electron chi connectivity index (χ3n) is 4.68. The first-order valence-electron chi connectivity index (χ1n) is 9.60. The second-order valence-corrected chi connectivity index (χ2v) is 6.79. The third-order valence-corrected chi connectivity index (χ3v) is 4.68. The number of aryl methyl sites for hydroxylation is 1. The molecule has 138 valence electrons. The molecule has 3 aromatic rings. The van der Waals surface area contributed by atoms with Gasteiger partial charge in [0.05, 0.1) is 17.2 Å². The van der Waals surface area contributed by atoms with Crippen molar-refractivity contribution in [3.63, 3.8) is 0 Å². The van der Waals surface area contributed by atoms with E-state index in [1.165, 1.54) is 6.42 Å². The van der Waals surface area contributed by atoms with Crippen molar-refractivity contribution in [2.24, 2.45) is 0 Å². The second-order valence-electron chi connectivity index (χ2n) is 6.79. The number of hydrogen-bond donors (Lipinski definition) is 0. The molecule has 0 unspecified atom stereocenters. The molecular weight excluding hydrogens is 345 g/mol. The summed E-state index contributed by atoms with van der Waals surface area (Å²) in [6.07, 6.45) is 4.33. The Morgan fingerprint density at radius 1 is 0.786 bits per heavy atom. The van der Waals surface area contributed by atoms with Gasteiger partial charge in [0, 0.05) is 5.56 Å². The molecule has 0 aliphatic carbocycles. The Kier molecular flexibility index (Phi) is 6.61. The Morgan fingerprint density at radius 2 is 1.43 bits per heavy atom. The predicted molar refractivity (Wildman–Crippen MR) is 112 cm³/mol. The molecule has 0 bridgehead atoms. The molecule has 1 nitrogen and oxygen atoms in total. The molecule has 0 radical (unpaired) electrons. The van der Waals surface area contributed by atoms with Gasteiger partial charge >= 0.3 is 0 Å². The van der Waals surface area contributed by atoms with Crippen molar-refractivity contribution in [1.82, 2.24) is 0 Å². The van der Waals surface area contributed by atoms with Crippen LogP contribution in [0.25, 0.3) is 11.1 Å². The van der Waals surface area contributed by atoms with Crippen LogP contribution in [0.4, 0.5) is 4.39 Å². The molecular formula is C26H22FN. The minimum absolute atomic E-state index is 0.254. The number of nitriles is 1. The maximum atomic E-state index is 14.3. The van der Waals surface area contributed by atoms with Gasteiger partial charge in [-0.1, -0.05) is 61.9 Å². The highest BCUT2D eigenvalue weighted by Gasteiger charge is 2.02. The average Bonchev–Trinajstić information content (AvgIpc) is 2.74. The first-order chi connectivity index (χ1) is 13.7. The summed E-state index contributed by atoms with van der Waals surface area (Å²) in [5.74, 6) is 5.72. The maximum absolute atomic E-state index is 14.3. The van der Waals surface area contributed by atoms with E-state index < -0.39 is 0 Å². The molecule has 0 N–H and O–H groups in total. The van der Waals surface area contributed by atoms with Crippen molar-refractivity contribution in [3.05, 3.63) is 94.8 Å². The molecule has 0 aliphatic rings. The maximum Gasteiger partial charge on any atom is 0.139 e. The van der Waals surface area contributed by atoms with Gasteiger partial charge in [-0.25, -0.2) is 4.39 Å². The molecule has 0 aliphatic heterocycles. The molecule has 3 rings (SSSR count). The minimum atomic E-state index is -0.254. The van der Waals surface area contributed by atoms with Gasteiger partial charge in [-0.3, -0.25) is 0 Å². The Labute approximate surface area is 166 Å². The molecule has 0 saturated carbocycles. The van der Waals surface area contributed by atoms with Gasteiger partial charge in [0.25, 0.3) is 0 Å². The lowest BCUT2D eigenvalue weighted by molar-refractivity contribution is 0.619. The predicted octanol–water partition coefficient (Wildman–Crippen LogP) is 6.50. The molecule has 0 atom stereocenters. The lowest BCUT2D eigenvalue weighted by Crippen LogP contribution is -1.90. The summed E-state index contributed by atoms with van der Waals surface area (Å²) in [7, 11) is 0. The quantitative estimate of drug-likeness (QED) is 0.373. The summed E-state index contributed by atoms with van der Waals surface area (Å²) in [5.41, 5.74) is 5.04. The topological polar surface area (TPSA) is 23.8 Å². The molecule has 0 fully saturated rings. The van der Waals surface area contributed by atoms with E-state index in [2.05, 4.69) is 24.8 Å². The summed E-state index contributed by atoms with van der Waals surface area (Å²) in [5, 5.41) is 8.88. The van der Waals surface area contributed by atoms with Gasteiger partial charge in [0.1, 0.15) is 5.82 Å². The lowest BCUT2D eigenvalue weighted by Gasteiger charge is -2.03. The fraction of sp³-hybridized carbons (Fsp3) is 0.192. The number of unbranched alkanes of at least 4 members (excludes halogenated alkanes) is 2. The van der Waals surface area contributed by atoms with E-state index in [9.17, 15) is 4.39 Å². The Bertz CT molecular complexity index is 1030. The first kappa shape index (κ1) is 19.4. The largest absolute Gasteiger partial charge is 0.206 e. The monoisotopic (exact) mass is 367 g/mol. The van der Waals surface area contributed by atoms with Crippen LogP contribution in [0.15, 0.2) is 66.7 Å². The Morgan fingerprint density at radius 3 is 2.00 bits per heavy atom. The molecule has 0 saturated heterocycles. The first-order valence-corrected chi connectivity index (χ1v) is 9.60. The smallest absolute Gasteiger partial charge is 0.139 e. The summed E-state index contributed by atoms with van der Waals surface area (Å²) in [6.45, 7) is 2.16. The molecule has 0 aromatic heterocycles. The summed E-state index contributed by atoms with van der Waals surface area (Å²) in [4.78, 5) is 0. The Hall–Kier alpha value is -3.36. The highest BCUT2D eigenvalue weighted by molar-refractivity contribution is 5.65. The van der Waals surface area contributed by atoms with Crippen LogP contribution in [0.5, 0.6) is 0 Å². The van der Waals surface area contributed by atoms with Crippen LogP contribution in [0, 0.1) is 29.0 Å². The second kappa shape index (κ2) is 9.54. The minimum Gasteiger partial charge on any atom is -0.206 e. The highest BCUT2D eigenvalue weighted by Crippen LogP contribution is 2.20. The van der Waals surface area contributed by atoms with Gasteiger partial charge < -0.3 is 0 Å². The SMILES string of the molecule is CCCCCc1ccc(C#Cc2ccc(-c3ccc(C#N)cc3)cc2)c(F)c1. The zero-order valence-corrected chi connectivity index (χ0v) is 16.0. The van der Waals surface area contributed by atoms with E-state index in [1.54, 1.807) is 24.3 Å². The van der Waals surface area contributed by atoms with E-state index in [0.717, 1.165) is 41.5 Å². The zero-order chi connectivity index (χ0) is 19.8.